The number of nitrogens with zero attached hydrogens (tertiary/aromatic N) is 3. The standard InChI is InChI=1S/C17H18N4O2S3/c1-17-8-7-13(22)21(17)12(10-25-17)14(23)18-15-19-16(20-26-15)24-9-11-5-3-2-4-6-11/h2-6,12H,7-10H2,1H3,(H,18,19,20,23)/t12-,17-/m0/s1. The van der Waals surface area contributed by atoms with Crippen LogP contribution in [0.25, 0.3) is 0 Å². The lowest BCUT2D eigenvalue weighted by molar-refractivity contribution is -0.135. The van der Waals surface area contributed by atoms with E-state index in [0.717, 1.165) is 12.2 Å². The molecule has 9 heteroatoms. The fourth-order valence-corrected chi connectivity index (χ4v) is 6.18. The van der Waals surface area contributed by atoms with Crippen LogP contribution >= 0.6 is 35.1 Å². The number of hydrogen-bond acceptors (Lipinski definition) is 7. The van der Waals surface area contributed by atoms with Crippen molar-refractivity contribution in [3.8, 4) is 0 Å². The number of carbonyl (C=O) groups is 2. The predicted octanol–water partition coefficient (Wildman–Crippen LogP) is 3.22. The van der Waals surface area contributed by atoms with Crippen LogP contribution in [-0.2, 0) is 15.3 Å². The van der Waals surface area contributed by atoms with Gasteiger partial charge in [0.05, 0.1) is 4.87 Å². The Labute approximate surface area is 164 Å². The van der Waals surface area contributed by atoms with Gasteiger partial charge in [0.15, 0.2) is 0 Å². The molecule has 3 heterocycles. The average molecular weight is 407 g/mol. The summed E-state index contributed by atoms with van der Waals surface area (Å²) >= 11 is 4.39. The molecule has 2 aliphatic rings. The number of nitrogens with one attached hydrogen (secondary N) is 1. The Balaban J connectivity index is 1.37. The molecule has 26 heavy (non-hydrogen) atoms. The van der Waals surface area contributed by atoms with Crippen molar-refractivity contribution in [1.29, 1.82) is 0 Å². The lowest BCUT2D eigenvalue weighted by atomic mass is 10.2. The van der Waals surface area contributed by atoms with E-state index in [4.69, 9.17) is 0 Å². The third-order valence-electron chi connectivity index (χ3n) is 4.60. The largest absolute Gasteiger partial charge is 0.315 e. The lowest BCUT2D eigenvalue weighted by Crippen LogP contribution is -2.48. The first-order valence-corrected chi connectivity index (χ1v) is 11.1. The fourth-order valence-electron chi connectivity index (χ4n) is 3.24. The van der Waals surface area contributed by atoms with Crippen molar-refractivity contribution >= 4 is 52.0 Å². The van der Waals surface area contributed by atoms with E-state index in [1.165, 1.54) is 28.9 Å². The maximum Gasteiger partial charge on any atom is 0.249 e. The highest BCUT2D eigenvalue weighted by molar-refractivity contribution is 8.01. The Morgan fingerprint density at radius 3 is 3.04 bits per heavy atom. The first kappa shape index (κ1) is 17.8. The van der Waals surface area contributed by atoms with Gasteiger partial charge in [-0.05, 0) is 18.9 Å². The molecule has 4 rings (SSSR count). The van der Waals surface area contributed by atoms with Gasteiger partial charge in [-0.3, -0.25) is 14.9 Å². The zero-order valence-electron chi connectivity index (χ0n) is 14.2. The molecule has 2 fully saturated rings. The van der Waals surface area contributed by atoms with E-state index in [1.54, 1.807) is 16.7 Å². The van der Waals surface area contributed by atoms with E-state index in [0.29, 0.717) is 22.5 Å². The first-order valence-electron chi connectivity index (χ1n) is 8.33. The molecule has 0 bridgehead atoms. The zero-order chi connectivity index (χ0) is 18.1. The van der Waals surface area contributed by atoms with Gasteiger partial charge in [0.25, 0.3) is 0 Å². The number of rotatable bonds is 5. The van der Waals surface area contributed by atoms with Crippen molar-refractivity contribution in [1.82, 2.24) is 14.3 Å². The second-order valence-corrected chi connectivity index (χ2v) is 9.61. The van der Waals surface area contributed by atoms with E-state index in [-0.39, 0.29) is 16.7 Å². The quantitative estimate of drug-likeness (QED) is 0.769. The van der Waals surface area contributed by atoms with Gasteiger partial charge in [-0.1, -0.05) is 42.1 Å². The molecule has 1 N–H and O–H groups in total. The van der Waals surface area contributed by atoms with Gasteiger partial charge < -0.3 is 4.90 Å². The SMILES string of the molecule is C[C@]12CCC(=O)N1[C@H](C(=O)Nc1nc(SCc3ccccc3)ns1)CS2. The lowest BCUT2D eigenvalue weighted by Gasteiger charge is -2.29. The number of thioether (sulfide) groups is 2. The molecule has 6 nitrogen and oxygen atoms in total. The molecule has 0 saturated carbocycles. The van der Waals surface area contributed by atoms with Crippen molar-refractivity contribution in [2.75, 3.05) is 11.1 Å². The first-order chi connectivity index (χ1) is 12.5. The summed E-state index contributed by atoms with van der Waals surface area (Å²) in [5.74, 6) is 1.30. The second kappa shape index (κ2) is 7.21. The number of amides is 2. The van der Waals surface area contributed by atoms with Gasteiger partial charge in [-0.15, -0.1) is 11.8 Å². The highest BCUT2D eigenvalue weighted by atomic mass is 32.2. The van der Waals surface area contributed by atoms with Crippen molar-refractivity contribution in [3.63, 3.8) is 0 Å². The van der Waals surface area contributed by atoms with Crippen LogP contribution in [0, 0.1) is 0 Å². The number of benzene rings is 1. The van der Waals surface area contributed by atoms with Gasteiger partial charge in [-0.25, -0.2) is 0 Å². The Morgan fingerprint density at radius 1 is 1.42 bits per heavy atom. The summed E-state index contributed by atoms with van der Waals surface area (Å²) in [5, 5.41) is 3.97. The molecule has 0 spiro atoms. The highest BCUT2D eigenvalue weighted by Crippen LogP contribution is 2.47. The molecule has 1 aromatic heterocycles. The molecule has 2 aromatic rings. The fraction of sp³-hybridized carbons (Fsp3) is 0.412. The third kappa shape index (κ3) is 3.47. The van der Waals surface area contributed by atoms with E-state index in [1.807, 2.05) is 25.1 Å². The van der Waals surface area contributed by atoms with Crippen LogP contribution in [0.2, 0.25) is 0 Å². The van der Waals surface area contributed by atoms with E-state index in [2.05, 4.69) is 26.8 Å². The third-order valence-corrected chi connectivity index (χ3v) is 7.77. The smallest absolute Gasteiger partial charge is 0.249 e. The van der Waals surface area contributed by atoms with Crippen LogP contribution in [0.15, 0.2) is 35.5 Å². The topological polar surface area (TPSA) is 75.2 Å². The van der Waals surface area contributed by atoms with E-state index >= 15 is 0 Å². The number of fused-ring (bicyclic) bond motifs is 1. The average Bonchev–Trinajstić information content (AvgIpc) is 3.30. The Bertz CT molecular complexity index is 828. The summed E-state index contributed by atoms with van der Waals surface area (Å²) in [6.45, 7) is 2.04. The minimum absolute atomic E-state index is 0.0639. The molecule has 2 amide bonds. The number of aromatic nitrogens is 2. The molecular weight excluding hydrogens is 388 g/mol. The monoisotopic (exact) mass is 406 g/mol. The van der Waals surface area contributed by atoms with Gasteiger partial charge in [0, 0.05) is 29.5 Å². The number of anilines is 1. The molecule has 136 valence electrons. The van der Waals surface area contributed by atoms with Gasteiger partial charge in [0.1, 0.15) is 6.04 Å². The van der Waals surface area contributed by atoms with Gasteiger partial charge in [0.2, 0.25) is 22.1 Å². The molecule has 0 aliphatic carbocycles. The highest BCUT2D eigenvalue weighted by Gasteiger charge is 2.52. The van der Waals surface area contributed by atoms with Crippen molar-refractivity contribution in [2.45, 2.75) is 41.6 Å². The Morgan fingerprint density at radius 2 is 2.23 bits per heavy atom. The summed E-state index contributed by atoms with van der Waals surface area (Å²) in [6, 6.07) is 9.68. The summed E-state index contributed by atoms with van der Waals surface area (Å²) in [4.78, 5) is 30.7. The number of carbonyl (C=O) groups excluding carboxylic acids is 2. The summed E-state index contributed by atoms with van der Waals surface area (Å²) < 4.78 is 4.30. The van der Waals surface area contributed by atoms with Crippen LogP contribution in [0.5, 0.6) is 0 Å². The molecule has 1 aromatic carbocycles. The molecule has 2 aliphatic heterocycles. The zero-order valence-corrected chi connectivity index (χ0v) is 16.6. The summed E-state index contributed by atoms with van der Waals surface area (Å²) in [5.41, 5.74) is 1.20. The van der Waals surface area contributed by atoms with Crippen LogP contribution < -0.4 is 5.32 Å². The molecule has 2 saturated heterocycles. The number of hydrogen-bond donors (Lipinski definition) is 1. The maximum absolute atomic E-state index is 12.6. The second-order valence-electron chi connectivity index (χ2n) is 6.41. The summed E-state index contributed by atoms with van der Waals surface area (Å²) in [6.07, 6.45) is 1.33. The van der Waals surface area contributed by atoms with Crippen LogP contribution in [-0.4, -0.2) is 42.7 Å². The molecule has 0 unspecified atom stereocenters. The van der Waals surface area contributed by atoms with Crippen molar-refractivity contribution in [3.05, 3.63) is 35.9 Å². The normalized spacial score (nSPS) is 24.7. The van der Waals surface area contributed by atoms with Gasteiger partial charge in [-0.2, -0.15) is 9.36 Å². The van der Waals surface area contributed by atoms with E-state index in [9.17, 15) is 9.59 Å². The molecule has 2 atom stereocenters. The van der Waals surface area contributed by atoms with E-state index < -0.39 is 6.04 Å². The maximum atomic E-state index is 12.6. The van der Waals surface area contributed by atoms with Crippen molar-refractivity contribution in [2.24, 2.45) is 0 Å². The van der Waals surface area contributed by atoms with Gasteiger partial charge >= 0.3 is 0 Å². The van der Waals surface area contributed by atoms with Crippen LogP contribution in [0.3, 0.4) is 0 Å². The van der Waals surface area contributed by atoms with Crippen molar-refractivity contribution < 1.29 is 9.59 Å². The van der Waals surface area contributed by atoms with Crippen LogP contribution in [0.1, 0.15) is 25.3 Å². The predicted molar refractivity (Wildman–Crippen MR) is 105 cm³/mol. The minimum Gasteiger partial charge on any atom is -0.315 e. The minimum atomic E-state index is -0.427. The Kier molecular flexibility index (Phi) is 4.94. The summed E-state index contributed by atoms with van der Waals surface area (Å²) in [7, 11) is 0. The molecule has 0 radical (unpaired) electrons. The Hall–Kier alpha value is -1.58. The van der Waals surface area contributed by atoms with Crippen LogP contribution in [0.4, 0.5) is 5.13 Å². The molecular formula is C17H18N4O2S3.